The lowest BCUT2D eigenvalue weighted by Gasteiger charge is -1.83. The highest BCUT2D eigenvalue weighted by atomic mass is 79.9. The summed E-state index contributed by atoms with van der Waals surface area (Å²) < 4.78 is 6.07. The van der Waals surface area contributed by atoms with Gasteiger partial charge in [-0.25, -0.2) is 0 Å². The van der Waals surface area contributed by atoms with Crippen molar-refractivity contribution >= 4 is 27.3 Å². The van der Waals surface area contributed by atoms with E-state index in [2.05, 4.69) is 21.1 Å². The normalized spacial score (nSPS) is 10.3. The molecule has 0 aliphatic heterocycles. The van der Waals surface area contributed by atoms with E-state index >= 15 is 0 Å². The van der Waals surface area contributed by atoms with E-state index in [-0.39, 0.29) is 0 Å². The zero-order valence-electron chi connectivity index (χ0n) is 5.45. The van der Waals surface area contributed by atoms with Gasteiger partial charge in [0.15, 0.2) is 5.76 Å². The van der Waals surface area contributed by atoms with Gasteiger partial charge in [-0.15, -0.1) is 11.3 Å². The number of nitrogens with zero attached hydrogens (tertiary/aromatic N) is 1. The summed E-state index contributed by atoms with van der Waals surface area (Å²) in [6.07, 6.45) is 1.64. The largest absolute Gasteiger partial charge is 0.355 e. The van der Waals surface area contributed by atoms with Crippen LogP contribution in [0.4, 0.5) is 0 Å². The zero-order chi connectivity index (χ0) is 7.68. The van der Waals surface area contributed by atoms with Crippen LogP contribution in [0.25, 0.3) is 10.6 Å². The number of halogens is 1. The second-order valence-corrected chi connectivity index (χ2v) is 4.44. The lowest BCUT2D eigenvalue weighted by Crippen LogP contribution is -1.59. The third-order valence-electron chi connectivity index (χ3n) is 1.25. The molecule has 56 valence electrons. The maximum absolute atomic E-state index is 4.97. The fraction of sp³-hybridized carbons (Fsp3) is 0. The van der Waals surface area contributed by atoms with Crippen LogP contribution in [0.1, 0.15) is 0 Å². The number of rotatable bonds is 1. The summed E-state index contributed by atoms with van der Waals surface area (Å²) in [6.45, 7) is 0. The molecule has 0 N–H and O–H groups in total. The van der Waals surface area contributed by atoms with Crippen molar-refractivity contribution in [3.8, 4) is 10.6 Å². The van der Waals surface area contributed by atoms with E-state index in [1.54, 1.807) is 17.5 Å². The maximum atomic E-state index is 4.97. The molecule has 0 bridgehead atoms. The number of hydrogen-bond acceptors (Lipinski definition) is 3. The van der Waals surface area contributed by atoms with Gasteiger partial charge in [0.2, 0.25) is 0 Å². The third kappa shape index (κ3) is 1.36. The number of thiophene rings is 1. The van der Waals surface area contributed by atoms with E-state index in [4.69, 9.17) is 4.52 Å². The molecule has 0 spiro atoms. The van der Waals surface area contributed by atoms with Crippen molar-refractivity contribution in [2.45, 2.75) is 0 Å². The molecule has 0 fully saturated rings. The second kappa shape index (κ2) is 2.79. The van der Waals surface area contributed by atoms with Crippen molar-refractivity contribution in [3.63, 3.8) is 0 Å². The van der Waals surface area contributed by atoms with Crippen LogP contribution in [-0.4, -0.2) is 5.16 Å². The highest BCUT2D eigenvalue weighted by Crippen LogP contribution is 2.30. The van der Waals surface area contributed by atoms with E-state index in [1.807, 2.05) is 18.2 Å². The van der Waals surface area contributed by atoms with Crippen molar-refractivity contribution in [2.24, 2.45) is 0 Å². The number of hydrogen-bond donors (Lipinski definition) is 0. The van der Waals surface area contributed by atoms with Gasteiger partial charge in [-0.05, 0) is 28.1 Å². The van der Waals surface area contributed by atoms with Gasteiger partial charge in [-0.2, -0.15) is 0 Å². The molecule has 0 atom stereocenters. The second-order valence-electron chi connectivity index (χ2n) is 1.98. The Morgan fingerprint density at radius 3 is 2.82 bits per heavy atom. The molecule has 11 heavy (non-hydrogen) atoms. The molecule has 0 amide bonds. The summed E-state index contributed by atoms with van der Waals surface area (Å²) in [5.74, 6) is 0.820. The van der Waals surface area contributed by atoms with Gasteiger partial charge in [0.05, 0.1) is 14.9 Å². The molecule has 0 aliphatic rings. The van der Waals surface area contributed by atoms with Crippen LogP contribution in [0, 0.1) is 0 Å². The topological polar surface area (TPSA) is 26.0 Å². The van der Waals surface area contributed by atoms with Gasteiger partial charge in [0.1, 0.15) is 0 Å². The first-order valence-corrected chi connectivity index (χ1v) is 4.63. The quantitative estimate of drug-likeness (QED) is 0.751. The summed E-state index contributed by atoms with van der Waals surface area (Å²) in [6, 6.07) is 5.83. The Kier molecular flexibility index (Phi) is 1.79. The van der Waals surface area contributed by atoms with Crippen molar-refractivity contribution in [1.82, 2.24) is 5.16 Å². The number of aromatic nitrogens is 1. The molecule has 0 saturated heterocycles. The standard InChI is InChI=1S/C7H4BrNOS/c8-7-2-1-6(11-7)5-3-4-9-10-5/h1-4H. The third-order valence-corrected chi connectivity index (χ3v) is 2.89. The van der Waals surface area contributed by atoms with Crippen molar-refractivity contribution < 1.29 is 4.52 Å². The van der Waals surface area contributed by atoms with Crippen LogP contribution < -0.4 is 0 Å². The average molecular weight is 230 g/mol. The van der Waals surface area contributed by atoms with Crippen LogP contribution in [0.2, 0.25) is 0 Å². The van der Waals surface area contributed by atoms with Crippen LogP contribution in [0.5, 0.6) is 0 Å². The van der Waals surface area contributed by atoms with E-state index < -0.39 is 0 Å². The van der Waals surface area contributed by atoms with E-state index in [0.29, 0.717) is 0 Å². The maximum Gasteiger partial charge on any atom is 0.176 e. The SMILES string of the molecule is Brc1ccc(-c2ccno2)s1. The molecule has 0 radical (unpaired) electrons. The van der Waals surface area contributed by atoms with Gasteiger partial charge in [0.25, 0.3) is 0 Å². The molecular weight excluding hydrogens is 226 g/mol. The van der Waals surface area contributed by atoms with E-state index in [9.17, 15) is 0 Å². The van der Waals surface area contributed by atoms with Crippen LogP contribution in [0.15, 0.2) is 32.7 Å². The molecule has 2 aromatic rings. The van der Waals surface area contributed by atoms with Crippen LogP contribution in [0.3, 0.4) is 0 Å². The first-order valence-electron chi connectivity index (χ1n) is 3.02. The first-order chi connectivity index (χ1) is 5.36. The highest BCUT2D eigenvalue weighted by molar-refractivity contribution is 9.11. The summed E-state index contributed by atoms with van der Waals surface area (Å²) in [5, 5.41) is 3.62. The van der Waals surface area contributed by atoms with Gasteiger partial charge >= 0.3 is 0 Å². The van der Waals surface area contributed by atoms with Gasteiger partial charge in [-0.1, -0.05) is 5.16 Å². The first kappa shape index (κ1) is 7.06. The monoisotopic (exact) mass is 229 g/mol. The Balaban J connectivity index is 2.45. The average Bonchev–Trinajstić information content (AvgIpc) is 2.55. The summed E-state index contributed by atoms with van der Waals surface area (Å²) in [4.78, 5) is 1.09. The van der Waals surface area contributed by atoms with Crippen molar-refractivity contribution in [3.05, 3.63) is 28.2 Å². The highest BCUT2D eigenvalue weighted by Gasteiger charge is 2.03. The molecule has 0 aromatic carbocycles. The van der Waals surface area contributed by atoms with Gasteiger partial charge < -0.3 is 4.52 Å². The molecule has 4 heteroatoms. The summed E-state index contributed by atoms with van der Waals surface area (Å²) >= 11 is 5.00. The molecule has 2 nitrogen and oxygen atoms in total. The molecule has 2 aromatic heterocycles. The predicted molar refractivity (Wildman–Crippen MR) is 47.5 cm³/mol. The Labute approximate surface area is 76.0 Å². The summed E-state index contributed by atoms with van der Waals surface area (Å²) in [7, 11) is 0. The van der Waals surface area contributed by atoms with Crippen molar-refractivity contribution in [2.75, 3.05) is 0 Å². The Hall–Kier alpha value is -0.610. The molecular formula is C7H4BrNOS. The Morgan fingerprint density at radius 2 is 2.27 bits per heavy atom. The fourth-order valence-corrected chi connectivity index (χ4v) is 2.13. The fourth-order valence-electron chi connectivity index (χ4n) is 0.790. The molecule has 2 heterocycles. The minimum atomic E-state index is 0.820. The van der Waals surface area contributed by atoms with E-state index in [1.165, 1.54) is 0 Å². The van der Waals surface area contributed by atoms with Crippen LogP contribution in [-0.2, 0) is 0 Å². The molecule has 0 saturated carbocycles. The molecule has 2 rings (SSSR count). The van der Waals surface area contributed by atoms with Gasteiger partial charge in [-0.3, -0.25) is 0 Å². The predicted octanol–water partition coefficient (Wildman–Crippen LogP) is 3.17. The smallest absolute Gasteiger partial charge is 0.176 e. The summed E-state index contributed by atoms with van der Waals surface area (Å²) in [5.41, 5.74) is 0. The minimum absolute atomic E-state index is 0.820. The minimum Gasteiger partial charge on any atom is -0.355 e. The lowest BCUT2D eigenvalue weighted by atomic mass is 10.4. The Morgan fingerprint density at radius 1 is 1.36 bits per heavy atom. The molecule has 0 aliphatic carbocycles. The molecule has 0 unspecified atom stereocenters. The Bertz CT molecular complexity index is 341. The lowest BCUT2D eigenvalue weighted by molar-refractivity contribution is 0.433. The zero-order valence-corrected chi connectivity index (χ0v) is 7.85. The van der Waals surface area contributed by atoms with Crippen LogP contribution >= 0.6 is 27.3 Å². The van der Waals surface area contributed by atoms with Gasteiger partial charge in [0, 0.05) is 6.07 Å². The van der Waals surface area contributed by atoms with Crippen molar-refractivity contribution in [1.29, 1.82) is 0 Å². The van der Waals surface area contributed by atoms with E-state index in [0.717, 1.165) is 14.4 Å².